The van der Waals surface area contributed by atoms with Crippen molar-refractivity contribution in [3.8, 4) is 5.75 Å². The predicted molar refractivity (Wildman–Crippen MR) is 99.3 cm³/mol. The molecule has 25 heavy (non-hydrogen) atoms. The smallest absolute Gasteiger partial charge is 0.213 e. The van der Waals surface area contributed by atoms with E-state index in [0.29, 0.717) is 0 Å². The van der Waals surface area contributed by atoms with Crippen LogP contribution >= 0.6 is 0 Å². The van der Waals surface area contributed by atoms with Gasteiger partial charge in [0.05, 0.1) is 12.0 Å². The van der Waals surface area contributed by atoms with Crippen LogP contribution in [0.2, 0.25) is 0 Å². The molecule has 0 saturated heterocycles. The molecule has 0 atom stereocenters. The Hall–Kier alpha value is -2.06. The fraction of sp³-hybridized carbons (Fsp3) is 0.318. The lowest BCUT2D eigenvalue weighted by atomic mass is 10.1. The van der Waals surface area contributed by atoms with Gasteiger partial charge < -0.3 is 17.1 Å². The Bertz CT molecular complexity index is 773. The SMILES string of the molecule is CCCCCCOc1ccc2c(ccc[n+]2Cc2ccccc2)c1.[Cl-]. The van der Waals surface area contributed by atoms with Crippen molar-refractivity contribution in [3.63, 3.8) is 0 Å². The van der Waals surface area contributed by atoms with Gasteiger partial charge in [-0.25, -0.2) is 0 Å². The standard InChI is InChI=1S/C22H26NO.ClH/c1-2-3-4-8-16-24-21-13-14-22-20(17-21)12-9-15-23(22)18-19-10-6-5-7-11-19;/h5-7,9-15,17H,2-4,8,16,18H2,1H3;1H/q+1;/p-1. The molecule has 1 heterocycles. The van der Waals surface area contributed by atoms with Gasteiger partial charge in [0.1, 0.15) is 5.75 Å². The second kappa shape index (κ2) is 10.0. The van der Waals surface area contributed by atoms with E-state index in [0.717, 1.165) is 25.3 Å². The summed E-state index contributed by atoms with van der Waals surface area (Å²) in [5.41, 5.74) is 2.55. The minimum absolute atomic E-state index is 0. The first kappa shape index (κ1) is 19.3. The van der Waals surface area contributed by atoms with Gasteiger partial charge >= 0.3 is 0 Å². The molecule has 0 aliphatic carbocycles. The van der Waals surface area contributed by atoms with Gasteiger partial charge in [0, 0.05) is 17.7 Å². The third-order valence-corrected chi connectivity index (χ3v) is 4.31. The summed E-state index contributed by atoms with van der Waals surface area (Å²) in [6.07, 6.45) is 7.08. The fourth-order valence-corrected chi connectivity index (χ4v) is 2.99. The number of unbranched alkanes of at least 4 members (excludes halogenated alkanes) is 3. The number of aromatic nitrogens is 1. The summed E-state index contributed by atoms with van der Waals surface area (Å²) in [5, 5.41) is 1.22. The van der Waals surface area contributed by atoms with E-state index in [4.69, 9.17) is 4.74 Å². The first-order chi connectivity index (χ1) is 11.9. The van der Waals surface area contributed by atoms with Gasteiger partial charge in [-0.1, -0.05) is 56.5 Å². The van der Waals surface area contributed by atoms with Crippen LogP contribution in [-0.2, 0) is 6.54 Å². The van der Waals surface area contributed by atoms with Crippen LogP contribution in [0.4, 0.5) is 0 Å². The molecule has 3 heteroatoms. The van der Waals surface area contributed by atoms with E-state index >= 15 is 0 Å². The Labute approximate surface area is 156 Å². The molecule has 0 amide bonds. The van der Waals surface area contributed by atoms with E-state index in [1.165, 1.54) is 35.7 Å². The summed E-state index contributed by atoms with van der Waals surface area (Å²) in [4.78, 5) is 0. The number of ether oxygens (including phenoxy) is 1. The van der Waals surface area contributed by atoms with E-state index < -0.39 is 0 Å². The Morgan fingerprint density at radius 2 is 1.72 bits per heavy atom. The molecular formula is C22H26ClNO. The second-order valence-electron chi connectivity index (χ2n) is 6.25. The highest BCUT2D eigenvalue weighted by atomic mass is 35.5. The van der Waals surface area contributed by atoms with Crippen molar-refractivity contribution in [1.29, 1.82) is 0 Å². The number of rotatable bonds is 8. The lowest BCUT2D eigenvalue weighted by molar-refractivity contribution is -0.662. The third-order valence-electron chi connectivity index (χ3n) is 4.31. The number of hydrogen-bond donors (Lipinski definition) is 0. The summed E-state index contributed by atoms with van der Waals surface area (Å²) in [6, 6.07) is 21.2. The van der Waals surface area contributed by atoms with Crippen LogP contribution in [-0.4, -0.2) is 6.61 Å². The molecule has 0 aliphatic rings. The van der Waals surface area contributed by atoms with Crippen molar-refractivity contribution in [3.05, 3.63) is 72.4 Å². The van der Waals surface area contributed by atoms with Crippen LogP contribution in [0.5, 0.6) is 5.75 Å². The van der Waals surface area contributed by atoms with Crippen molar-refractivity contribution < 1.29 is 21.7 Å². The monoisotopic (exact) mass is 355 g/mol. The first-order valence-electron chi connectivity index (χ1n) is 8.96. The van der Waals surface area contributed by atoms with Gasteiger partial charge in [-0.3, -0.25) is 0 Å². The van der Waals surface area contributed by atoms with Gasteiger partial charge in [0.2, 0.25) is 5.52 Å². The van der Waals surface area contributed by atoms with Crippen molar-refractivity contribution in [2.75, 3.05) is 6.61 Å². The summed E-state index contributed by atoms with van der Waals surface area (Å²) in [6.45, 7) is 3.92. The highest BCUT2D eigenvalue weighted by Gasteiger charge is 2.10. The summed E-state index contributed by atoms with van der Waals surface area (Å²) in [5.74, 6) is 0.969. The predicted octanol–water partition coefficient (Wildman–Crippen LogP) is 2.14. The van der Waals surface area contributed by atoms with Crippen LogP contribution in [0.15, 0.2) is 66.9 Å². The van der Waals surface area contributed by atoms with Crippen LogP contribution in [0.25, 0.3) is 10.9 Å². The number of pyridine rings is 1. The minimum Gasteiger partial charge on any atom is -1.00 e. The van der Waals surface area contributed by atoms with Crippen molar-refractivity contribution in [2.24, 2.45) is 0 Å². The number of hydrogen-bond acceptors (Lipinski definition) is 1. The largest absolute Gasteiger partial charge is 1.00 e. The number of halogens is 1. The minimum atomic E-state index is 0. The van der Waals surface area contributed by atoms with Gasteiger partial charge in [-0.15, -0.1) is 0 Å². The average molecular weight is 356 g/mol. The zero-order valence-corrected chi connectivity index (χ0v) is 15.6. The second-order valence-corrected chi connectivity index (χ2v) is 6.25. The molecule has 0 N–H and O–H groups in total. The van der Waals surface area contributed by atoms with E-state index in [1.807, 2.05) is 0 Å². The first-order valence-corrected chi connectivity index (χ1v) is 8.96. The number of nitrogens with zero attached hydrogens (tertiary/aromatic N) is 1. The lowest BCUT2D eigenvalue weighted by Crippen LogP contribution is -3.00. The highest BCUT2D eigenvalue weighted by molar-refractivity contribution is 5.77. The maximum Gasteiger partial charge on any atom is 0.213 e. The van der Waals surface area contributed by atoms with Gasteiger partial charge in [0.25, 0.3) is 0 Å². The average Bonchev–Trinajstić information content (AvgIpc) is 2.62. The van der Waals surface area contributed by atoms with Crippen LogP contribution < -0.4 is 21.7 Å². The Balaban J connectivity index is 0.00000225. The molecule has 0 fully saturated rings. The third kappa shape index (κ3) is 5.47. The van der Waals surface area contributed by atoms with E-state index in [-0.39, 0.29) is 12.4 Å². The zero-order chi connectivity index (χ0) is 16.6. The topological polar surface area (TPSA) is 13.1 Å². The lowest BCUT2D eigenvalue weighted by Gasteiger charge is -2.07. The Morgan fingerprint density at radius 1 is 0.880 bits per heavy atom. The number of fused-ring (bicyclic) bond motifs is 1. The summed E-state index contributed by atoms with van der Waals surface area (Å²) in [7, 11) is 0. The molecule has 0 unspecified atom stereocenters. The van der Waals surface area contributed by atoms with Crippen LogP contribution in [0.1, 0.15) is 38.2 Å². The summed E-state index contributed by atoms with van der Waals surface area (Å²) >= 11 is 0. The molecule has 1 aromatic heterocycles. The van der Waals surface area contributed by atoms with Crippen molar-refractivity contribution in [1.82, 2.24) is 0 Å². The van der Waals surface area contributed by atoms with Crippen molar-refractivity contribution >= 4 is 10.9 Å². The molecule has 2 aromatic carbocycles. The molecule has 2 nitrogen and oxygen atoms in total. The highest BCUT2D eigenvalue weighted by Crippen LogP contribution is 2.19. The molecule has 0 bridgehead atoms. The summed E-state index contributed by atoms with van der Waals surface area (Å²) < 4.78 is 8.20. The quantitative estimate of drug-likeness (QED) is 0.446. The van der Waals surface area contributed by atoms with Gasteiger partial charge in [0.15, 0.2) is 12.7 Å². The van der Waals surface area contributed by atoms with E-state index in [1.54, 1.807) is 0 Å². The van der Waals surface area contributed by atoms with E-state index in [2.05, 4.69) is 78.4 Å². The van der Waals surface area contributed by atoms with Crippen LogP contribution in [0.3, 0.4) is 0 Å². The Morgan fingerprint density at radius 3 is 2.52 bits per heavy atom. The number of benzene rings is 2. The maximum absolute atomic E-state index is 5.91. The van der Waals surface area contributed by atoms with Gasteiger partial charge in [-0.2, -0.15) is 4.57 Å². The maximum atomic E-state index is 5.91. The van der Waals surface area contributed by atoms with E-state index in [9.17, 15) is 0 Å². The molecule has 3 rings (SSSR count). The Kier molecular flexibility index (Phi) is 7.75. The van der Waals surface area contributed by atoms with Crippen LogP contribution in [0, 0.1) is 0 Å². The molecule has 0 radical (unpaired) electrons. The molecule has 0 saturated carbocycles. The fourth-order valence-electron chi connectivity index (χ4n) is 2.99. The van der Waals surface area contributed by atoms with Crippen molar-refractivity contribution in [2.45, 2.75) is 39.2 Å². The normalized spacial score (nSPS) is 10.4. The zero-order valence-electron chi connectivity index (χ0n) is 14.8. The van der Waals surface area contributed by atoms with Gasteiger partial charge in [-0.05, 0) is 24.6 Å². The molecule has 132 valence electrons. The molecule has 3 aromatic rings. The molecule has 0 aliphatic heterocycles. The molecule has 0 spiro atoms. The molecular weight excluding hydrogens is 330 g/mol.